The second-order valence-corrected chi connectivity index (χ2v) is 6.87. The number of anilines is 1. The van der Waals surface area contributed by atoms with Crippen LogP contribution >= 0.6 is 0 Å². The van der Waals surface area contributed by atoms with Gasteiger partial charge in [0.2, 0.25) is 0 Å². The van der Waals surface area contributed by atoms with E-state index in [1.165, 1.54) is 0 Å². The number of carboxylic acid groups (broad SMARTS) is 1. The fraction of sp³-hybridized carbons (Fsp3) is 0.188. The fourth-order valence-corrected chi connectivity index (χ4v) is 3.50. The topological polar surface area (TPSA) is 74.7 Å². The number of carboxylic acids is 1. The highest BCUT2D eigenvalue weighted by Crippen LogP contribution is 2.24. The third-order valence-electron chi connectivity index (χ3n) is 3.25. The number of nitrogens with zero attached hydrogens (tertiary/aromatic N) is 1. The van der Waals surface area contributed by atoms with Gasteiger partial charge in [-0.15, -0.1) is 0 Å². The monoisotopic (exact) mass is 337 g/mol. The van der Waals surface area contributed by atoms with Crippen molar-refractivity contribution in [3.8, 4) is 0 Å². The molecule has 0 spiro atoms. The normalized spacial score (nSPS) is 11.2. The van der Waals surface area contributed by atoms with Crippen molar-refractivity contribution < 1.29 is 22.7 Å². The van der Waals surface area contributed by atoms with Crippen LogP contribution in [-0.2, 0) is 14.8 Å². The molecular formula is C16H16FNO4S. The third-order valence-corrected chi connectivity index (χ3v) is 5.09. The maximum atomic E-state index is 13.0. The van der Waals surface area contributed by atoms with Gasteiger partial charge in [0.15, 0.2) is 0 Å². The predicted octanol–water partition coefficient (Wildman–Crippen LogP) is 2.80. The van der Waals surface area contributed by atoms with Crippen molar-refractivity contribution >= 4 is 21.7 Å². The van der Waals surface area contributed by atoms with E-state index >= 15 is 0 Å². The van der Waals surface area contributed by atoms with Crippen molar-refractivity contribution in [3.63, 3.8) is 0 Å². The number of hydrogen-bond acceptors (Lipinski definition) is 3. The van der Waals surface area contributed by atoms with Gasteiger partial charge < -0.3 is 5.11 Å². The largest absolute Gasteiger partial charge is 0.481 e. The van der Waals surface area contributed by atoms with Crippen molar-refractivity contribution in [2.75, 3.05) is 10.8 Å². The van der Waals surface area contributed by atoms with Crippen LogP contribution in [0.15, 0.2) is 53.4 Å². The number of rotatable bonds is 6. The van der Waals surface area contributed by atoms with Crippen LogP contribution in [-0.4, -0.2) is 26.0 Å². The van der Waals surface area contributed by atoms with E-state index in [9.17, 15) is 17.6 Å². The quantitative estimate of drug-likeness (QED) is 0.879. The fourth-order valence-electron chi connectivity index (χ4n) is 2.03. The highest BCUT2D eigenvalue weighted by Gasteiger charge is 2.25. The Balaban J connectivity index is 2.44. The molecule has 0 atom stereocenters. The lowest BCUT2D eigenvalue weighted by molar-refractivity contribution is -0.136. The molecule has 0 unspecified atom stereocenters. The standard InChI is InChI=1S/C16H16FNO4S/c1-12-2-6-14(7-3-12)18(11-10-16(19)20)23(21,22)15-8-4-13(17)5-9-15/h2-9H,10-11H2,1H3,(H,19,20). The van der Waals surface area contributed by atoms with Crippen LogP contribution in [0.4, 0.5) is 10.1 Å². The van der Waals surface area contributed by atoms with Gasteiger partial charge in [-0.25, -0.2) is 12.8 Å². The number of halogens is 1. The molecule has 2 rings (SSSR count). The third kappa shape index (κ3) is 4.07. The van der Waals surface area contributed by atoms with Crippen LogP contribution in [0.1, 0.15) is 12.0 Å². The Labute approximate surface area is 134 Å². The van der Waals surface area contributed by atoms with E-state index in [1.807, 2.05) is 6.92 Å². The molecule has 0 saturated carbocycles. The molecule has 0 aliphatic rings. The summed E-state index contributed by atoms with van der Waals surface area (Å²) < 4.78 is 39.5. The molecule has 0 aliphatic heterocycles. The molecule has 0 fully saturated rings. The van der Waals surface area contributed by atoms with Crippen molar-refractivity contribution in [1.29, 1.82) is 0 Å². The lowest BCUT2D eigenvalue weighted by Crippen LogP contribution is -2.33. The minimum Gasteiger partial charge on any atom is -0.481 e. The predicted molar refractivity (Wildman–Crippen MR) is 84.4 cm³/mol. The minimum absolute atomic E-state index is 0.0927. The summed E-state index contributed by atoms with van der Waals surface area (Å²) in [6.45, 7) is 1.65. The van der Waals surface area contributed by atoms with Crippen LogP contribution in [0.2, 0.25) is 0 Å². The number of sulfonamides is 1. The molecule has 23 heavy (non-hydrogen) atoms. The zero-order valence-electron chi connectivity index (χ0n) is 12.4. The van der Waals surface area contributed by atoms with E-state index < -0.39 is 21.8 Å². The molecule has 0 aromatic heterocycles. The summed E-state index contributed by atoms with van der Waals surface area (Å²) in [6, 6.07) is 11.1. The number of benzene rings is 2. The van der Waals surface area contributed by atoms with Crippen LogP contribution in [0.3, 0.4) is 0 Å². The summed E-state index contributed by atoms with van der Waals surface area (Å²) in [5.74, 6) is -1.65. The van der Waals surface area contributed by atoms with E-state index in [1.54, 1.807) is 24.3 Å². The average molecular weight is 337 g/mol. The Bertz CT molecular complexity index is 786. The first-order valence-electron chi connectivity index (χ1n) is 6.87. The SMILES string of the molecule is Cc1ccc(N(CCC(=O)O)S(=O)(=O)c2ccc(F)cc2)cc1. The van der Waals surface area contributed by atoms with Gasteiger partial charge in [0.05, 0.1) is 17.0 Å². The van der Waals surface area contributed by atoms with Crippen LogP contribution in [0, 0.1) is 12.7 Å². The molecule has 0 radical (unpaired) electrons. The average Bonchev–Trinajstić information content (AvgIpc) is 2.49. The molecule has 0 bridgehead atoms. The molecule has 0 aliphatic carbocycles. The van der Waals surface area contributed by atoms with Crippen LogP contribution in [0.25, 0.3) is 0 Å². The highest BCUT2D eigenvalue weighted by molar-refractivity contribution is 7.92. The molecule has 2 aromatic carbocycles. The molecule has 0 amide bonds. The molecule has 0 saturated heterocycles. The highest BCUT2D eigenvalue weighted by atomic mass is 32.2. The van der Waals surface area contributed by atoms with E-state index in [-0.39, 0.29) is 17.9 Å². The molecule has 2 aromatic rings. The van der Waals surface area contributed by atoms with Gasteiger partial charge in [0.25, 0.3) is 10.0 Å². The van der Waals surface area contributed by atoms with Crippen LogP contribution < -0.4 is 4.31 Å². The Kier molecular flexibility index (Phi) is 5.00. The molecular weight excluding hydrogens is 321 g/mol. The van der Waals surface area contributed by atoms with E-state index in [0.717, 1.165) is 34.1 Å². The van der Waals surface area contributed by atoms with E-state index in [2.05, 4.69) is 0 Å². The Morgan fingerprint density at radius 2 is 1.65 bits per heavy atom. The van der Waals surface area contributed by atoms with Gasteiger partial charge in [-0.05, 0) is 43.3 Å². The molecule has 5 nitrogen and oxygen atoms in total. The summed E-state index contributed by atoms with van der Waals surface area (Å²) in [6.07, 6.45) is -0.339. The summed E-state index contributed by atoms with van der Waals surface area (Å²) in [7, 11) is -3.98. The van der Waals surface area contributed by atoms with Gasteiger partial charge in [-0.2, -0.15) is 0 Å². The van der Waals surface area contributed by atoms with Gasteiger partial charge in [-0.1, -0.05) is 17.7 Å². The molecule has 0 heterocycles. The second kappa shape index (κ2) is 6.78. The van der Waals surface area contributed by atoms with Gasteiger partial charge >= 0.3 is 5.97 Å². The summed E-state index contributed by atoms with van der Waals surface area (Å²) in [5.41, 5.74) is 1.31. The number of aryl methyl sites for hydroxylation is 1. The maximum absolute atomic E-state index is 13.0. The van der Waals surface area contributed by atoms with Crippen molar-refractivity contribution in [2.24, 2.45) is 0 Å². The van der Waals surface area contributed by atoms with Crippen molar-refractivity contribution in [1.82, 2.24) is 0 Å². The zero-order valence-corrected chi connectivity index (χ0v) is 13.3. The Hall–Kier alpha value is -2.41. The Morgan fingerprint density at radius 1 is 1.09 bits per heavy atom. The lowest BCUT2D eigenvalue weighted by atomic mass is 10.2. The van der Waals surface area contributed by atoms with Crippen molar-refractivity contribution in [2.45, 2.75) is 18.2 Å². The lowest BCUT2D eigenvalue weighted by Gasteiger charge is -2.24. The zero-order chi connectivity index (χ0) is 17.0. The van der Waals surface area contributed by atoms with E-state index in [4.69, 9.17) is 5.11 Å². The number of hydrogen-bond donors (Lipinski definition) is 1. The molecule has 122 valence electrons. The molecule has 7 heteroatoms. The summed E-state index contributed by atoms with van der Waals surface area (Å²) >= 11 is 0. The number of aliphatic carboxylic acids is 1. The minimum atomic E-state index is -3.98. The first kappa shape index (κ1) is 17.0. The van der Waals surface area contributed by atoms with Gasteiger partial charge in [0, 0.05) is 6.54 Å². The first-order chi connectivity index (χ1) is 10.8. The summed E-state index contributed by atoms with van der Waals surface area (Å²) in [5, 5.41) is 8.85. The maximum Gasteiger partial charge on any atom is 0.305 e. The first-order valence-corrected chi connectivity index (χ1v) is 8.31. The van der Waals surface area contributed by atoms with Gasteiger partial charge in [-0.3, -0.25) is 9.10 Å². The second-order valence-electron chi connectivity index (χ2n) is 5.01. The molecule has 1 N–H and O–H groups in total. The van der Waals surface area contributed by atoms with Crippen molar-refractivity contribution in [3.05, 3.63) is 59.9 Å². The Morgan fingerprint density at radius 3 is 2.17 bits per heavy atom. The van der Waals surface area contributed by atoms with Gasteiger partial charge in [0.1, 0.15) is 5.82 Å². The smallest absolute Gasteiger partial charge is 0.305 e. The summed E-state index contributed by atoms with van der Waals surface area (Å²) in [4.78, 5) is 10.7. The van der Waals surface area contributed by atoms with E-state index in [0.29, 0.717) is 5.69 Å². The van der Waals surface area contributed by atoms with Crippen LogP contribution in [0.5, 0.6) is 0 Å². The number of carbonyl (C=O) groups is 1.